The summed E-state index contributed by atoms with van der Waals surface area (Å²) in [4.78, 5) is 4.25. The molecule has 7 nitrogen and oxygen atoms in total. The van der Waals surface area contributed by atoms with Gasteiger partial charge in [0.2, 0.25) is 16.9 Å². The molecule has 10 heteroatoms. The molecule has 0 aliphatic heterocycles. The van der Waals surface area contributed by atoms with Crippen molar-refractivity contribution in [3.05, 3.63) is 65.0 Å². The van der Waals surface area contributed by atoms with Gasteiger partial charge in [-0.25, -0.2) is 4.99 Å². The number of benzene rings is 2. The van der Waals surface area contributed by atoms with Crippen LogP contribution in [-0.4, -0.2) is 31.7 Å². The Balaban J connectivity index is 1.37. The molecule has 28 heavy (non-hydrogen) atoms. The molecule has 0 radical (unpaired) electrons. The Labute approximate surface area is 173 Å². The smallest absolute Gasteiger partial charge is 0.247 e. The lowest BCUT2D eigenvalue weighted by Gasteiger charge is -1.95. The van der Waals surface area contributed by atoms with Crippen molar-refractivity contribution in [2.75, 3.05) is 0 Å². The van der Waals surface area contributed by atoms with E-state index in [1.54, 1.807) is 36.5 Å². The molecule has 140 valence electrons. The van der Waals surface area contributed by atoms with Crippen LogP contribution in [0.5, 0.6) is 5.75 Å². The monoisotopic (exact) mass is 429 g/mol. The topological polar surface area (TPSA) is 97.3 Å². The number of para-hydroxylation sites is 1. The normalized spacial score (nSPS) is 11.3. The number of aliphatic imine (C=N–C) groups is 1. The molecule has 0 aliphatic rings. The van der Waals surface area contributed by atoms with Gasteiger partial charge in [0.05, 0.1) is 5.75 Å². The van der Waals surface area contributed by atoms with Gasteiger partial charge in [-0.05, 0) is 36.4 Å². The van der Waals surface area contributed by atoms with Crippen LogP contribution in [-0.2, 0) is 5.75 Å². The Hall–Kier alpha value is -2.75. The maximum Gasteiger partial charge on any atom is 0.247 e. The number of nitrogens with zero attached hydrogens (tertiary/aromatic N) is 5. The van der Waals surface area contributed by atoms with Crippen LogP contribution in [0.3, 0.4) is 0 Å². The summed E-state index contributed by atoms with van der Waals surface area (Å²) >= 11 is 8.66. The second-order valence-corrected chi connectivity index (χ2v) is 8.08. The zero-order valence-corrected chi connectivity index (χ0v) is 16.6. The Morgan fingerprint density at radius 1 is 1.07 bits per heavy atom. The molecular formula is C18H12ClN5O2S2. The van der Waals surface area contributed by atoms with Gasteiger partial charge >= 0.3 is 0 Å². The van der Waals surface area contributed by atoms with Gasteiger partial charge in [0.15, 0.2) is 4.34 Å². The largest absolute Gasteiger partial charge is 0.507 e. The SMILES string of the molecule is Oc1ccccc1/C=N/c1nnc(SCc2nnc(-c3ccc(Cl)cc3)o2)s1. The summed E-state index contributed by atoms with van der Waals surface area (Å²) in [6.07, 6.45) is 1.56. The molecule has 4 rings (SSSR count). The quantitative estimate of drug-likeness (QED) is 0.340. The predicted molar refractivity (Wildman–Crippen MR) is 110 cm³/mol. The van der Waals surface area contributed by atoms with Gasteiger partial charge < -0.3 is 9.52 Å². The van der Waals surface area contributed by atoms with E-state index in [2.05, 4.69) is 25.4 Å². The molecule has 0 spiro atoms. The molecule has 0 amide bonds. The van der Waals surface area contributed by atoms with E-state index in [4.69, 9.17) is 16.0 Å². The minimum Gasteiger partial charge on any atom is -0.507 e. The van der Waals surface area contributed by atoms with Crippen molar-refractivity contribution in [2.45, 2.75) is 10.1 Å². The first-order valence-corrected chi connectivity index (χ1v) is 10.2. The average Bonchev–Trinajstić information content (AvgIpc) is 3.36. The number of rotatable bonds is 6. The van der Waals surface area contributed by atoms with Crippen LogP contribution in [0.25, 0.3) is 11.5 Å². The minimum atomic E-state index is 0.165. The van der Waals surface area contributed by atoms with E-state index in [1.807, 2.05) is 18.2 Å². The third-order valence-electron chi connectivity index (χ3n) is 3.52. The lowest BCUT2D eigenvalue weighted by atomic mass is 10.2. The van der Waals surface area contributed by atoms with E-state index in [0.29, 0.717) is 33.3 Å². The molecule has 0 saturated heterocycles. The van der Waals surface area contributed by atoms with Crippen molar-refractivity contribution in [2.24, 2.45) is 4.99 Å². The van der Waals surface area contributed by atoms with E-state index in [9.17, 15) is 5.11 Å². The van der Waals surface area contributed by atoms with Crippen LogP contribution in [0.15, 0.2) is 62.3 Å². The fourth-order valence-corrected chi connectivity index (χ4v) is 3.83. The molecule has 2 aromatic heterocycles. The first-order chi connectivity index (χ1) is 13.7. The van der Waals surface area contributed by atoms with Gasteiger partial charge in [0.1, 0.15) is 5.75 Å². The van der Waals surface area contributed by atoms with E-state index < -0.39 is 0 Å². The molecule has 4 aromatic rings. The van der Waals surface area contributed by atoms with Crippen LogP contribution >= 0.6 is 34.7 Å². The molecule has 0 aliphatic carbocycles. The molecule has 0 bridgehead atoms. The second kappa shape index (κ2) is 8.51. The highest BCUT2D eigenvalue weighted by Gasteiger charge is 2.11. The van der Waals surface area contributed by atoms with Crippen LogP contribution in [0, 0.1) is 0 Å². The summed E-state index contributed by atoms with van der Waals surface area (Å²) in [6.45, 7) is 0. The van der Waals surface area contributed by atoms with Crippen molar-refractivity contribution in [3.63, 3.8) is 0 Å². The summed E-state index contributed by atoms with van der Waals surface area (Å²) in [7, 11) is 0. The van der Waals surface area contributed by atoms with Gasteiger partial charge in [-0.3, -0.25) is 0 Å². The number of thioether (sulfide) groups is 1. The third-order valence-corrected chi connectivity index (χ3v) is 5.73. The van der Waals surface area contributed by atoms with Gasteiger partial charge in [0, 0.05) is 22.4 Å². The molecule has 1 N–H and O–H groups in total. The Bertz CT molecular complexity index is 1110. The third kappa shape index (κ3) is 4.56. The summed E-state index contributed by atoms with van der Waals surface area (Å²) in [5, 5.41) is 27.1. The second-order valence-electron chi connectivity index (χ2n) is 5.46. The first-order valence-electron chi connectivity index (χ1n) is 8.04. The first kappa shape index (κ1) is 18.6. The molecule has 0 unspecified atom stereocenters. The summed E-state index contributed by atoms with van der Waals surface area (Å²) in [5.41, 5.74) is 1.43. The lowest BCUT2D eigenvalue weighted by molar-refractivity contribution is 0.474. The van der Waals surface area contributed by atoms with Crippen LogP contribution in [0.2, 0.25) is 5.02 Å². The van der Waals surface area contributed by atoms with E-state index in [1.165, 1.54) is 23.1 Å². The fraction of sp³-hybridized carbons (Fsp3) is 0.0556. The fourth-order valence-electron chi connectivity index (χ4n) is 2.18. The standard InChI is InChI=1S/C18H12ClN5O2S2/c19-13-7-5-11(6-8-13)16-22-21-15(26-16)10-27-18-24-23-17(28-18)20-9-12-3-1-2-4-14(12)25/h1-9,25H,10H2/b20-9+. The van der Waals surface area contributed by atoms with Gasteiger partial charge in [-0.15, -0.1) is 20.4 Å². The van der Waals surface area contributed by atoms with Crippen molar-refractivity contribution >= 4 is 46.0 Å². The minimum absolute atomic E-state index is 0.165. The maximum absolute atomic E-state index is 9.74. The van der Waals surface area contributed by atoms with Crippen molar-refractivity contribution in [1.29, 1.82) is 0 Å². The molecule has 0 saturated carbocycles. The number of hydrogen-bond acceptors (Lipinski definition) is 9. The molecular weight excluding hydrogens is 418 g/mol. The Morgan fingerprint density at radius 2 is 1.89 bits per heavy atom. The predicted octanol–water partition coefficient (Wildman–Crippen LogP) is 4.99. The summed E-state index contributed by atoms with van der Waals surface area (Å²) < 4.78 is 6.40. The Morgan fingerprint density at radius 3 is 2.71 bits per heavy atom. The average molecular weight is 430 g/mol. The van der Waals surface area contributed by atoms with Crippen molar-refractivity contribution in [3.8, 4) is 17.2 Å². The number of aromatic nitrogens is 4. The molecule has 0 atom stereocenters. The molecule has 2 aromatic carbocycles. The van der Waals surface area contributed by atoms with Crippen LogP contribution in [0.4, 0.5) is 5.13 Å². The number of halogens is 1. The Kier molecular flexibility index (Phi) is 5.65. The van der Waals surface area contributed by atoms with E-state index >= 15 is 0 Å². The zero-order valence-electron chi connectivity index (χ0n) is 14.2. The highest BCUT2D eigenvalue weighted by Crippen LogP contribution is 2.30. The number of phenolic OH excluding ortho intramolecular Hbond substituents is 1. The lowest BCUT2D eigenvalue weighted by Crippen LogP contribution is -1.80. The van der Waals surface area contributed by atoms with Crippen LogP contribution in [0.1, 0.15) is 11.5 Å². The highest BCUT2D eigenvalue weighted by atomic mass is 35.5. The number of phenols is 1. The molecule has 2 heterocycles. The van der Waals surface area contributed by atoms with E-state index in [-0.39, 0.29) is 5.75 Å². The van der Waals surface area contributed by atoms with Gasteiger partial charge in [-0.1, -0.05) is 46.8 Å². The number of hydrogen-bond donors (Lipinski definition) is 1. The number of aromatic hydroxyl groups is 1. The summed E-state index contributed by atoms with van der Waals surface area (Å²) in [5.74, 6) is 1.57. The maximum atomic E-state index is 9.74. The van der Waals surface area contributed by atoms with E-state index in [0.717, 1.165) is 9.90 Å². The molecule has 0 fully saturated rings. The van der Waals surface area contributed by atoms with Crippen LogP contribution < -0.4 is 0 Å². The van der Waals surface area contributed by atoms with Crippen molar-refractivity contribution in [1.82, 2.24) is 20.4 Å². The van der Waals surface area contributed by atoms with Gasteiger partial charge in [-0.2, -0.15) is 0 Å². The summed E-state index contributed by atoms with van der Waals surface area (Å²) in [6, 6.07) is 14.1. The van der Waals surface area contributed by atoms with Gasteiger partial charge in [0.25, 0.3) is 0 Å². The highest BCUT2D eigenvalue weighted by molar-refractivity contribution is 8.00. The van der Waals surface area contributed by atoms with Crippen molar-refractivity contribution < 1.29 is 9.52 Å². The zero-order chi connectivity index (χ0) is 19.3.